The van der Waals surface area contributed by atoms with Crippen LogP contribution < -0.4 is 5.06 Å². The van der Waals surface area contributed by atoms with Gasteiger partial charge in [0.05, 0.1) is 30.4 Å². The maximum atomic E-state index is 13.8. The number of aromatic amines is 1. The van der Waals surface area contributed by atoms with Crippen molar-refractivity contribution in [2.45, 2.75) is 12.6 Å². The fraction of sp³-hybridized carbons (Fsp3) is 0.182. The highest BCUT2D eigenvalue weighted by molar-refractivity contribution is 7.17. The number of aromatic hydroxyl groups is 1. The largest absolute Gasteiger partial charge is 0.492 e. The number of alkyl halides is 3. The minimum Gasteiger partial charge on any atom is -0.492 e. The van der Waals surface area contributed by atoms with E-state index in [4.69, 9.17) is 16.4 Å². The van der Waals surface area contributed by atoms with Crippen molar-refractivity contribution in [2.75, 3.05) is 18.2 Å². The molecular formula is C22H16ClF3N4O2S. The molecule has 3 heterocycles. The summed E-state index contributed by atoms with van der Waals surface area (Å²) in [5, 5.41) is 20.3. The van der Waals surface area contributed by atoms with Crippen LogP contribution in [0.3, 0.4) is 0 Å². The molecule has 6 nitrogen and oxygen atoms in total. The van der Waals surface area contributed by atoms with E-state index in [0.29, 0.717) is 34.3 Å². The second-order valence-corrected chi connectivity index (χ2v) is 8.81. The summed E-state index contributed by atoms with van der Waals surface area (Å²) in [6, 6.07) is 8.92. The van der Waals surface area contributed by atoms with Gasteiger partial charge in [0.15, 0.2) is 0 Å². The van der Waals surface area contributed by atoms with Crippen LogP contribution in [0.4, 0.5) is 18.3 Å². The minimum absolute atomic E-state index is 0.0186. The fourth-order valence-electron chi connectivity index (χ4n) is 3.63. The first-order valence-corrected chi connectivity index (χ1v) is 11.1. The van der Waals surface area contributed by atoms with Gasteiger partial charge in [0.25, 0.3) is 0 Å². The van der Waals surface area contributed by atoms with Crippen molar-refractivity contribution in [3.05, 3.63) is 69.2 Å². The number of thiazole rings is 1. The Kier molecular flexibility index (Phi) is 5.51. The summed E-state index contributed by atoms with van der Waals surface area (Å²) in [6.07, 6.45) is -0.784. The normalized spacial score (nSPS) is 15.0. The van der Waals surface area contributed by atoms with Crippen molar-refractivity contribution in [3.8, 4) is 5.88 Å². The fourth-order valence-corrected chi connectivity index (χ4v) is 4.78. The lowest BCUT2D eigenvalue weighted by Crippen LogP contribution is -2.15. The first-order valence-electron chi connectivity index (χ1n) is 9.92. The molecule has 0 radical (unpaired) electrons. The van der Waals surface area contributed by atoms with Crippen LogP contribution in [0.5, 0.6) is 5.88 Å². The van der Waals surface area contributed by atoms with Crippen LogP contribution in [-0.4, -0.2) is 33.4 Å². The van der Waals surface area contributed by atoms with Gasteiger partial charge in [0, 0.05) is 16.0 Å². The van der Waals surface area contributed by atoms with Gasteiger partial charge in [-0.05, 0) is 47.9 Å². The molecule has 1 aliphatic heterocycles. The highest BCUT2D eigenvalue weighted by atomic mass is 35.5. The number of nitrogens with zero attached hydrogens (tertiary/aromatic N) is 3. The monoisotopic (exact) mass is 492 g/mol. The predicted octanol–water partition coefficient (Wildman–Crippen LogP) is 6.13. The number of rotatable bonds is 4. The molecule has 5 rings (SSSR count). The average molecular weight is 493 g/mol. The van der Waals surface area contributed by atoms with Crippen LogP contribution in [0.2, 0.25) is 5.02 Å². The Labute approximate surface area is 194 Å². The van der Waals surface area contributed by atoms with E-state index in [9.17, 15) is 18.3 Å². The summed E-state index contributed by atoms with van der Waals surface area (Å²) in [5.74, 6) is -0.286. The van der Waals surface area contributed by atoms with Gasteiger partial charge in [0.2, 0.25) is 11.0 Å². The van der Waals surface area contributed by atoms with E-state index >= 15 is 0 Å². The summed E-state index contributed by atoms with van der Waals surface area (Å²) in [7, 11) is 0. The number of hydroxylamine groups is 1. The van der Waals surface area contributed by atoms with Gasteiger partial charge in [0.1, 0.15) is 4.88 Å². The molecule has 0 aliphatic carbocycles. The molecule has 11 heteroatoms. The Morgan fingerprint density at radius 3 is 2.85 bits per heavy atom. The lowest BCUT2D eigenvalue weighted by atomic mass is 9.98. The molecule has 1 fully saturated rings. The Morgan fingerprint density at radius 2 is 2.09 bits per heavy atom. The van der Waals surface area contributed by atoms with E-state index in [1.165, 1.54) is 18.2 Å². The number of hydrogen-bond acceptors (Lipinski definition) is 6. The summed E-state index contributed by atoms with van der Waals surface area (Å²) < 4.78 is 41.3. The third-order valence-electron chi connectivity index (χ3n) is 5.18. The van der Waals surface area contributed by atoms with Gasteiger partial charge in [-0.1, -0.05) is 35.1 Å². The highest BCUT2D eigenvalue weighted by Gasteiger charge is 2.33. The van der Waals surface area contributed by atoms with E-state index in [-0.39, 0.29) is 16.5 Å². The maximum absolute atomic E-state index is 13.8. The standard InChI is InChI=1S/C22H16ClF3N4O2S/c23-15-4-2-13(17(10-15)22(24,25)26)9-16(12-3-5-18-14(8-12)11-27-29-18)19-20(31)28-21(33-19)30-6-1-7-32-30/h2-5,8-11,31H,1,6-7H2,(H,27,29). The molecule has 0 atom stereocenters. The number of fused-ring (bicyclic) bond motifs is 1. The Balaban J connectivity index is 1.71. The van der Waals surface area contributed by atoms with Gasteiger partial charge >= 0.3 is 6.18 Å². The van der Waals surface area contributed by atoms with Crippen LogP contribution in [-0.2, 0) is 11.0 Å². The zero-order valence-corrected chi connectivity index (χ0v) is 18.4. The van der Waals surface area contributed by atoms with Crippen molar-refractivity contribution in [1.82, 2.24) is 15.2 Å². The highest BCUT2D eigenvalue weighted by Crippen LogP contribution is 2.42. The number of halogens is 4. The lowest BCUT2D eigenvalue weighted by Gasteiger charge is -2.13. The van der Waals surface area contributed by atoms with Crippen LogP contribution >= 0.6 is 22.9 Å². The van der Waals surface area contributed by atoms with Crippen LogP contribution in [0.15, 0.2) is 42.6 Å². The smallest absolute Gasteiger partial charge is 0.417 e. The summed E-state index contributed by atoms with van der Waals surface area (Å²) in [6.45, 7) is 1.15. The van der Waals surface area contributed by atoms with Crippen molar-refractivity contribution in [2.24, 2.45) is 0 Å². The van der Waals surface area contributed by atoms with Crippen LogP contribution in [0, 0.1) is 0 Å². The minimum atomic E-state index is -4.61. The topological polar surface area (TPSA) is 74.3 Å². The molecule has 0 unspecified atom stereocenters. The molecule has 33 heavy (non-hydrogen) atoms. The quantitative estimate of drug-likeness (QED) is 0.335. The third kappa shape index (κ3) is 4.29. The van der Waals surface area contributed by atoms with Gasteiger partial charge in [-0.3, -0.25) is 9.94 Å². The average Bonchev–Trinajstić information content (AvgIpc) is 3.52. The van der Waals surface area contributed by atoms with Crippen molar-refractivity contribution >= 4 is 50.6 Å². The number of anilines is 1. The van der Waals surface area contributed by atoms with Gasteiger partial charge < -0.3 is 5.11 Å². The van der Waals surface area contributed by atoms with Crippen molar-refractivity contribution < 1.29 is 23.1 Å². The molecule has 1 aliphatic rings. The summed E-state index contributed by atoms with van der Waals surface area (Å²) in [4.78, 5) is 10.0. The van der Waals surface area contributed by atoms with Gasteiger partial charge in [-0.15, -0.1) is 0 Å². The first-order chi connectivity index (χ1) is 15.8. The number of hydrogen-bond donors (Lipinski definition) is 2. The molecule has 2 N–H and O–H groups in total. The molecule has 0 spiro atoms. The molecule has 0 bridgehead atoms. The zero-order chi connectivity index (χ0) is 23.2. The molecule has 4 aromatic rings. The molecular weight excluding hydrogens is 477 g/mol. The molecule has 0 saturated carbocycles. The van der Waals surface area contributed by atoms with Crippen LogP contribution in [0.25, 0.3) is 22.6 Å². The molecule has 0 amide bonds. The molecule has 1 saturated heterocycles. The second-order valence-electron chi connectivity index (χ2n) is 7.40. The van der Waals surface area contributed by atoms with E-state index in [1.54, 1.807) is 29.5 Å². The maximum Gasteiger partial charge on any atom is 0.417 e. The molecule has 2 aromatic heterocycles. The molecule has 170 valence electrons. The Bertz CT molecular complexity index is 1360. The van der Waals surface area contributed by atoms with Crippen molar-refractivity contribution in [1.29, 1.82) is 0 Å². The number of H-pyrrole nitrogens is 1. The Hall–Kier alpha value is -3.08. The lowest BCUT2D eigenvalue weighted by molar-refractivity contribution is -0.137. The van der Waals surface area contributed by atoms with E-state index < -0.39 is 11.7 Å². The number of nitrogens with one attached hydrogen (secondary N) is 1. The van der Waals surface area contributed by atoms with Gasteiger partial charge in [-0.2, -0.15) is 23.3 Å². The predicted molar refractivity (Wildman–Crippen MR) is 121 cm³/mol. The third-order valence-corrected chi connectivity index (χ3v) is 6.50. The van der Waals surface area contributed by atoms with Gasteiger partial charge in [-0.25, -0.2) is 5.06 Å². The summed E-state index contributed by atoms with van der Waals surface area (Å²) in [5.41, 5.74) is 0.802. The van der Waals surface area contributed by atoms with Crippen LogP contribution in [0.1, 0.15) is 28.0 Å². The van der Waals surface area contributed by atoms with E-state index in [0.717, 1.165) is 34.7 Å². The SMILES string of the molecule is Oc1nc(N2CCCO2)sc1C(=Cc1ccc(Cl)cc1C(F)(F)F)c1ccc2[nH]ncc2c1. The summed E-state index contributed by atoms with van der Waals surface area (Å²) >= 11 is 6.99. The Morgan fingerprint density at radius 1 is 1.24 bits per heavy atom. The van der Waals surface area contributed by atoms with E-state index in [2.05, 4.69) is 15.2 Å². The second kappa shape index (κ2) is 8.36. The molecule has 2 aromatic carbocycles. The number of aromatic nitrogens is 3. The first kappa shape index (κ1) is 21.7. The number of benzene rings is 2. The van der Waals surface area contributed by atoms with Crippen molar-refractivity contribution in [3.63, 3.8) is 0 Å². The van der Waals surface area contributed by atoms with E-state index in [1.807, 2.05) is 0 Å². The zero-order valence-electron chi connectivity index (χ0n) is 16.9.